The summed E-state index contributed by atoms with van der Waals surface area (Å²) in [6.45, 7) is 2.69. The fourth-order valence-corrected chi connectivity index (χ4v) is 3.02. The van der Waals surface area contributed by atoms with Crippen LogP contribution in [0, 0.1) is 0 Å². The molecule has 0 aliphatic heterocycles. The Morgan fingerprint density at radius 1 is 1.24 bits per heavy atom. The van der Waals surface area contributed by atoms with Gasteiger partial charge in [-0.2, -0.15) is 14.6 Å². The number of fused-ring (bicyclic) bond motifs is 2. The summed E-state index contributed by atoms with van der Waals surface area (Å²) in [6, 6.07) is 9.41. The topological polar surface area (TPSA) is 74.3 Å². The van der Waals surface area contributed by atoms with Gasteiger partial charge in [-0.3, -0.25) is 4.79 Å². The van der Waals surface area contributed by atoms with Gasteiger partial charge < -0.3 is 9.30 Å². The van der Waals surface area contributed by atoms with Crippen molar-refractivity contribution in [3.05, 3.63) is 53.2 Å². The predicted molar refractivity (Wildman–Crippen MR) is 94.8 cm³/mol. The standard InChI is InChI=1S/C18H17N5O2/c1-3-8-22-9-7-14-15(17(22)24)16(23-18(21-14)19-11-20-23)12-5-4-6-13(10-12)25-2/h4-7,9-11H,3,8H2,1-2H3. The predicted octanol–water partition coefficient (Wildman–Crippen LogP) is 2.52. The minimum atomic E-state index is -0.0814. The molecule has 0 aliphatic carbocycles. The van der Waals surface area contributed by atoms with Gasteiger partial charge in [0.25, 0.3) is 11.3 Å². The number of pyridine rings is 1. The van der Waals surface area contributed by atoms with Crippen molar-refractivity contribution in [2.45, 2.75) is 19.9 Å². The van der Waals surface area contributed by atoms with Gasteiger partial charge in [-0.15, -0.1) is 0 Å². The molecule has 3 aromatic heterocycles. The molecule has 0 bridgehead atoms. The van der Waals surface area contributed by atoms with Gasteiger partial charge in [0.1, 0.15) is 12.1 Å². The summed E-state index contributed by atoms with van der Waals surface area (Å²) in [4.78, 5) is 21.7. The summed E-state index contributed by atoms with van der Waals surface area (Å²) in [5, 5.41) is 4.80. The van der Waals surface area contributed by atoms with Crippen LogP contribution in [0.4, 0.5) is 0 Å². The molecule has 0 spiro atoms. The highest BCUT2D eigenvalue weighted by molar-refractivity contribution is 5.93. The molecule has 0 aliphatic rings. The molecule has 0 fully saturated rings. The molecule has 7 heteroatoms. The normalized spacial score (nSPS) is 11.3. The number of nitrogens with zero attached hydrogens (tertiary/aromatic N) is 5. The second kappa shape index (κ2) is 6.01. The number of aryl methyl sites for hydroxylation is 1. The van der Waals surface area contributed by atoms with Crippen LogP contribution in [0.5, 0.6) is 5.75 Å². The average molecular weight is 335 g/mol. The molecule has 0 N–H and O–H groups in total. The SMILES string of the molecule is CCCn1ccc2nc3ncnn3c(-c3cccc(OC)c3)c2c1=O. The van der Waals surface area contributed by atoms with Gasteiger partial charge >= 0.3 is 0 Å². The lowest BCUT2D eigenvalue weighted by molar-refractivity contribution is 0.415. The van der Waals surface area contributed by atoms with Crippen molar-refractivity contribution in [2.75, 3.05) is 7.11 Å². The second-order valence-corrected chi connectivity index (χ2v) is 5.74. The maximum Gasteiger partial charge on any atom is 0.262 e. The van der Waals surface area contributed by atoms with Gasteiger partial charge in [-0.05, 0) is 24.6 Å². The third kappa shape index (κ3) is 2.44. The molecule has 0 saturated carbocycles. The van der Waals surface area contributed by atoms with E-state index in [2.05, 4.69) is 15.1 Å². The van der Waals surface area contributed by atoms with Crippen LogP contribution in [-0.2, 0) is 6.54 Å². The number of methoxy groups -OCH3 is 1. The van der Waals surface area contributed by atoms with Gasteiger partial charge in [0, 0.05) is 18.3 Å². The number of aromatic nitrogens is 5. The number of hydrogen-bond donors (Lipinski definition) is 0. The highest BCUT2D eigenvalue weighted by atomic mass is 16.5. The Kier molecular flexibility index (Phi) is 3.68. The minimum absolute atomic E-state index is 0.0814. The molecule has 0 atom stereocenters. The van der Waals surface area contributed by atoms with E-state index in [1.54, 1.807) is 22.4 Å². The molecule has 0 saturated heterocycles. The monoisotopic (exact) mass is 335 g/mol. The van der Waals surface area contributed by atoms with Gasteiger partial charge in [-0.25, -0.2) is 4.98 Å². The summed E-state index contributed by atoms with van der Waals surface area (Å²) in [5.74, 6) is 1.17. The van der Waals surface area contributed by atoms with Gasteiger partial charge in [-0.1, -0.05) is 19.1 Å². The van der Waals surface area contributed by atoms with Crippen LogP contribution in [-0.4, -0.2) is 31.3 Å². The molecular weight excluding hydrogens is 318 g/mol. The summed E-state index contributed by atoms with van der Waals surface area (Å²) < 4.78 is 8.64. The van der Waals surface area contributed by atoms with E-state index < -0.39 is 0 Å². The second-order valence-electron chi connectivity index (χ2n) is 5.74. The molecule has 4 aromatic rings. The summed E-state index contributed by atoms with van der Waals surface area (Å²) >= 11 is 0. The van der Waals surface area contributed by atoms with Crippen LogP contribution in [0.2, 0.25) is 0 Å². The van der Waals surface area contributed by atoms with E-state index in [9.17, 15) is 4.79 Å². The van der Waals surface area contributed by atoms with Crippen LogP contribution < -0.4 is 10.3 Å². The molecule has 25 heavy (non-hydrogen) atoms. The van der Waals surface area contributed by atoms with Crippen molar-refractivity contribution in [1.82, 2.24) is 24.1 Å². The van der Waals surface area contributed by atoms with Crippen LogP contribution >= 0.6 is 0 Å². The zero-order valence-corrected chi connectivity index (χ0v) is 14.0. The molecule has 4 rings (SSSR count). The number of ether oxygens (including phenoxy) is 1. The van der Waals surface area contributed by atoms with Crippen molar-refractivity contribution >= 4 is 16.7 Å². The fourth-order valence-electron chi connectivity index (χ4n) is 3.02. The zero-order valence-electron chi connectivity index (χ0n) is 14.0. The van der Waals surface area contributed by atoms with Crippen LogP contribution in [0.3, 0.4) is 0 Å². The Morgan fingerprint density at radius 2 is 2.12 bits per heavy atom. The van der Waals surface area contributed by atoms with Crippen LogP contribution in [0.25, 0.3) is 27.9 Å². The molecule has 3 heterocycles. The smallest absolute Gasteiger partial charge is 0.262 e. The molecule has 0 amide bonds. The maximum atomic E-state index is 13.1. The van der Waals surface area contributed by atoms with Crippen molar-refractivity contribution < 1.29 is 4.74 Å². The Balaban J connectivity index is 2.15. The van der Waals surface area contributed by atoms with Crippen molar-refractivity contribution in [2.24, 2.45) is 0 Å². The molecule has 7 nitrogen and oxygen atoms in total. The number of hydrogen-bond acceptors (Lipinski definition) is 5. The van der Waals surface area contributed by atoms with E-state index in [1.807, 2.05) is 37.3 Å². The molecule has 0 unspecified atom stereocenters. The first kappa shape index (κ1) is 15.3. The lowest BCUT2D eigenvalue weighted by Gasteiger charge is -2.11. The fraction of sp³-hybridized carbons (Fsp3) is 0.222. The first-order chi connectivity index (χ1) is 12.2. The first-order valence-electron chi connectivity index (χ1n) is 8.10. The molecule has 126 valence electrons. The summed E-state index contributed by atoms with van der Waals surface area (Å²) in [5.41, 5.74) is 2.03. The minimum Gasteiger partial charge on any atom is -0.497 e. The summed E-state index contributed by atoms with van der Waals surface area (Å²) in [7, 11) is 1.61. The third-order valence-corrected chi connectivity index (χ3v) is 4.15. The molecular formula is C18H17N5O2. The highest BCUT2D eigenvalue weighted by Gasteiger charge is 2.17. The Labute approximate surface area is 143 Å². The van der Waals surface area contributed by atoms with E-state index in [1.165, 1.54) is 6.33 Å². The third-order valence-electron chi connectivity index (χ3n) is 4.15. The van der Waals surface area contributed by atoms with Crippen molar-refractivity contribution in [1.29, 1.82) is 0 Å². The first-order valence-corrected chi connectivity index (χ1v) is 8.10. The summed E-state index contributed by atoms with van der Waals surface area (Å²) in [6.07, 6.45) is 4.09. The molecule has 0 radical (unpaired) electrons. The van der Waals surface area contributed by atoms with Gasteiger partial charge in [0.15, 0.2) is 0 Å². The van der Waals surface area contributed by atoms with Crippen molar-refractivity contribution in [3.8, 4) is 17.0 Å². The Morgan fingerprint density at radius 3 is 2.92 bits per heavy atom. The van der Waals surface area contributed by atoms with Crippen molar-refractivity contribution in [3.63, 3.8) is 0 Å². The largest absolute Gasteiger partial charge is 0.497 e. The number of rotatable bonds is 4. The van der Waals surface area contributed by atoms with E-state index in [-0.39, 0.29) is 5.56 Å². The lowest BCUT2D eigenvalue weighted by atomic mass is 10.1. The molecule has 1 aromatic carbocycles. The van der Waals surface area contributed by atoms with E-state index >= 15 is 0 Å². The zero-order chi connectivity index (χ0) is 17.4. The van der Waals surface area contributed by atoms with E-state index in [4.69, 9.17) is 4.74 Å². The van der Waals surface area contributed by atoms with E-state index in [0.29, 0.717) is 34.7 Å². The Hall–Kier alpha value is -3.22. The quantitative estimate of drug-likeness (QED) is 0.573. The lowest BCUT2D eigenvalue weighted by Crippen LogP contribution is -2.21. The average Bonchev–Trinajstić information content (AvgIpc) is 3.10. The number of benzene rings is 1. The van der Waals surface area contributed by atoms with E-state index in [0.717, 1.165) is 12.0 Å². The van der Waals surface area contributed by atoms with Gasteiger partial charge in [0.2, 0.25) is 0 Å². The van der Waals surface area contributed by atoms with Crippen LogP contribution in [0.15, 0.2) is 47.7 Å². The Bertz CT molecular complexity index is 1130. The highest BCUT2D eigenvalue weighted by Crippen LogP contribution is 2.28. The van der Waals surface area contributed by atoms with Crippen LogP contribution in [0.1, 0.15) is 13.3 Å². The van der Waals surface area contributed by atoms with Gasteiger partial charge in [0.05, 0.1) is 23.7 Å². The maximum absolute atomic E-state index is 13.1.